The van der Waals surface area contributed by atoms with Gasteiger partial charge in [-0.15, -0.1) is 0 Å². The van der Waals surface area contributed by atoms with Crippen molar-refractivity contribution in [1.29, 1.82) is 0 Å². The predicted molar refractivity (Wildman–Crippen MR) is 61.8 cm³/mol. The second-order valence-electron chi connectivity index (χ2n) is 3.64. The Morgan fingerprint density at radius 3 is 2.62 bits per heavy atom. The average molecular weight is 217 g/mol. The zero-order valence-corrected chi connectivity index (χ0v) is 8.97. The predicted octanol–water partition coefficient (Wildman–Crippen LogP) is 2.10. The highest BCUT2D eigenvalue weighted by Crippen LogP contribution is 2.10. The van der Waals surface area contributed by atoms with Gasteiger partial charge in [0.2, 0.25) is 0 Å². The van der Waals surface area contributed by atoms with Gasteiger partial charge in [0.05, 0.1) is 18.9 Å². The molecule has 3 heteroatoms. The van der Waals surface area contributed by atoms with Crippen molar-refractivity contribution in [2.24, 2.45) is 0 Å². The quantitative estimate of drug-likeness (QED) is 0.806. The monoisotopic (exact) mass is 217 g/mol. The third-order valence-corrected chi connectivity index (χ3v) is 2.40. The van der Waals surface area contributed by atoms with E-state index in [0.29, 0.717) is 13.1 Å². The van der Waals surface area contributed by atoms with Gasteiger partial charge in [0.15, 0.2) is 0 Å². The fraction of sp³-hybridized carbons (Fsp3) is 0.231. The summed E-state index contributed by atoms with van der Waals surface area (Å²) in [7, 11) is 0. The Balaban J connectivity index is 1.78. The van der Waals surface area contributed by atoms with Crippen LogP contribution in [-0.2, 0) is 6.54 Å². The first-order chi connectivity index (χ1) is 7.86. The van der Waals surface area contributed by atoms with Gasteiger partial charge in [0, 0.05) is 6.54 Å². The SMILES string of the molecule is O[C@@H](CNCc1ccco1)c1ccccc1. The van der Waals surface area contributed by atoms with Crippen LogP contribution in [0.25, 0.3) is 0 Å². The molecule has 2 aromatic rings. The van der Waals surface area contributed by atoms with E-state index in [2.05, 4.69) is 5.32 Å². The molecule has 0 aliphatic rings. The lowest BCUT2D eigenvalue weighted by Crippen LogP contribution is -2.20. The van der Waals surface area contributed by atoms with Crippen LogP contribution in [0.1, 0.15) is 17.4 Å². The van der Waals surface area contributed by atoms with E-state index in [1.807, 2.05) is 42.5 Å². The van der Waals surface area contributed by atoms with Crippen LogP contribution in [-0.4, -0.2) is 11.7 Å². The van der Waals surface area contributed by atoms with E-state index in [9.17, 15) is 5.11 Å². The zero-order chi connectivity index (χ0) is 11.2. The van der Waals surface area contributed by atoms with E-state index in [1.165, 1.54) is 0 Å². The minimum atomic E-state index is -0.476. The molecule has 0 aliphatic heterocycles. The third kappa shape index (κ3) is 2.95. The van der Waals surface area contributed by atoms with Gasteiger partial charge in [-0.1, -0.05) is 30.3 Å². The van der Waals surface area contributed by atoms with Crippen molar-refractivity contribution in [3.05, 3.63) is 60.1 Å². The van der Waals surface area contributed by atoms with Crippen LogP contribution in [0.4, 0.5) is 0 Å². The Bertz CT molecular complexity index is 397. The number of aliphatic hydroxyl groups is 1. The molecule has 3 nitrogen and oxygen atoms in total. The smallest absolute Gasteiger partial charge is 0.117 e. The molecule has 0 saturated heterocycles. The third-order valence-electron chi connectivity index (χ3n) is 2.40. The van der Waals surface area contributed by atoms with Crippen molar-refractivity contribution in [1.82, 2.24) is 5.32 Å². The summed E-state index contributed by atoms with van der Waals surface area (Å²) in [6.07, 6.45) is 1.17. The molecular weight excluding hydrogens is 202 g/mol. The summed E-state index contributed by atoms with van der Waals surface area (Å²) < 4.78 is 5.18. The van der Waals surface area contributed by atoms with E-state index >= 15 is 0 Å². The minimum absolute atomic E-state index is 0.476. The molecule has 0 amide bonds. The van der Waals surface area contributed by atoms with Crippen LogP contribution in [0, 0.1) is 0 Å². The second-order valence-corrected chi connectivity index (χ2v) is 3.64. The molecule has 0 spiro atoms. The summed E-state index contributed by atoms with van der Waals surface area (Å²) in [5.41, 5.74) is 0.925. The largest absolute Gasteiger partial charge is 0.468 e. The summed E-state index contributed by atoms with van der Waals surface area (Å²) in [5.74, 6) is 0.875. The number of benzene rings is 1. The Morgan fingerprint density at radius 1 is 1.12 bits per heavy atom. The van der Waals surface area contributed by atoms with Gasteiger partial charge >= 0.3 is 0 Å². The van der Waals surface area contributed by atoms with Crippen molar-refractivity contribution in [2.75, 3.05) is 6.54 Å². The van der Waals surface area contributed by atoms with E-state index in [1.54, 1.807) is 6.26 Å². The van der Waals surface area contributed by atoms with Crippen molar-refractivity contribution in [3.63, 3.8) is 0 Å². The maximum Gasteiger partial charge on any atom is 0.117 e. The molecule has 0 unspecified atom stereocenters. The average Bonchev–Trinajstić information content (AvgIpc) is 2.83. The van der Waals surface area contributed by atoms with Crippen LogP contribution < -0.4 is 5.32 Å². The highest BCUT2D eigenvalue weighted by atomic mass is 16.3. The number of nitrogens with one attached hydrogen (secondary N) is 1. The van der Waals surface area contributed by atoms with E-state index in [0.717, 1.165) is 11.3 Å². The maximum absolute atomic E-state index is 9.86. The fourth-order valence-electron chi connectivity index (χ4n) is 1.54. The number of aliphatic hydroxyl groups excluding tert-OH is 1. The standard InChI is InChI=1S/C13H15NO2/c15-13(11-5-2-1-3-6-11)10-14-9-12-7-4-8-16-12/h1-8,13-15H,9-10H2/t13-/m0/s1. The molecule has 0 aliphatic carbocycles. The molecule has 0 bridgehead atoms. The van der Waals surface area contributed by atoms with Gasteiger partial charge in [-0.2, -0.15) is 0 Å². The van der Waals surface area contributed by atoms with Crippen LogP contribution in [0.5, 0.6) is 0 Å². The molecule has 1 atom stereocenters. The van der Waals surface area contributed by atoms with E-state index < -0.39 is 6.10 Å². The van der Waals surface area contributed by atoms with Gasteiger partial charge in [0.25, 0.3) is 0 Å². The van der Waals surface area contributed by atoms with Crippen molar-refractivity contribution in [2.45, 2.75) is 12.6 Å². The fourth-order valence-corrected chi connectivity index (χ4v) is 1.54. The molecule has 16 heavy (non-hydrogen) atoms. The molecule has 1 aromatic carbocycles. The van der Waals surface area contributed by atoms with Crippen LogP contribution >= 0.6 is 0 Å². The summed E-state index contributed by atoms with van der Waals surface area (Å²) in [6, 6.07) is 13.4. The normalized spacial score (nSPS) is 12.6. The molecular formula is C13H15NO2. The maximum atomic E-state index is 9.86. The number of furan rings is 1. The first-order valence-electron chi connectivity index (χ1n) is 5.32. The first kappa shape index (κ1) is 10.9. The van der Waals surface area contributed by atoms with Gasteiger partial charge in [-0.3, -0.25) is 0 Å². The Morgan fingerprint density at radius 2 is 1.94 bits per heavy atom. The van der Waals surface area contributed by atoms with E-state index in [4.69, 9.17) is 4.42 Å². The highest BCUT2D eigenvalue weighted by molar-refractivity contribution is 5.17. The molecule has 2 N–H and O–H groups in total. The van der Waals surface area contributed by atoms with Crippen LogP contribution in [0.15, 0.2) is 53.1 Å². The van der Waals surface area contributed by atoms with E-state index in [-0.39, 0.29) is 0 Å². The number of rotatable bonds is 5. The Hall–Kier alpha value is -1.58. The zero-order valence-electron chi connectivity index (χ0n) is 8.97. The molecule has 0 saturated carbocycles. The molecule has 2 rings (SSSR count). The summed E-state index contributed by atoms with van der Waals surface area (Å²) >= 11 is 0. The second kappa shape index (κ2) is 5.49. The van der Waals surface area contributed by atoms with Gasteiger partial charge in [-0.25, -0.2) is 0 Å². The summed E-state index contributed by atoms with van der Waals surface area (Å²) in [6.45, 7) is 1.15. The first-order valence-corrected chi connectivity index (χ1v) is 5.32. The topological polar surface area (TPSA) is 45.4 Å². The Labute approximate surface area is 94.7 Å². The van der Waals surface area contributed by atoms with Crippen molar-refractivity contribution in [3.8, 4) is 0 Å². The van der Waals surface area contributed by atoms with Crippen LogP contribution in [0.3, 0.4) is 0 Å². The van der Waals surface area contributed by atoms with Gasteiger partial charge in [-0.05, 0) is 17.7 Å². The molecule has 0 radical (unpaired) electrons. The lowest BCUT2D eigenvalue weighted by molar-refractivity contribution is 0.173. The van der Waals surface area contributed by atoms with Crippen LogP contribution in [0.2, 0.25) is 0 Å². The van der Waals surface area contributed by atoms with Crippen molar-refractivity contribution < 1.29 is 9.52 Å². The molecule has 84 valence electrons. The lowest BCUT2D eigenvalue weighted by Gasteiger charge is -2.11. The summed E-state index contributed by atoms with van der Waals surface area (Å²) in [5, 5.41) is 13.0. The molecule has 1 heterocycles. The number of hydrogen-bond acceptors (Lipinski definition) is 3. The highest BCUT2D eigenvalue weighted by Gasteiger charge is 2.05. The van der Waals surface area contributed by atoms with Gasteiger partial charge < -0.3 is 14.8 Å². The molecule has 1 aromatic heterocycles. The lowest BCUT2D eigenvalue weighted by atomic mass is 10.1. The Kier molecular flexibility index (Phi) is 3.75. The number of hydrogen-bond donors (Lipinski definition) is 2. The molecule has 0 fully saturated rings. The van der Waals surface area contributed by atoms with Gasteiger partial charge in [0.1, 0.15) is 5.76 Å². The summed E-state index contributed by atoms with van der Waals surface area (Å²) in [4.78, 5) is 0. The minimum Gasteiger partial charge on any atom is -0.468 e. The van der Waals surface area contributed by atoms with Crippen molar-refractivity contribution >= 4 is 0 Å².